The predicted octanol–water partition coefficient (Wildman–Crippen LogP) is 2.17. The van der Waals surface area contributed by atoms with E-state index in [0.717, 1.165) is 4.90 Å². The van der Waals surface area contributed by atoms with E-state index in [2.05, 4.69) is 21.2 Å². The molecule has 1 heterocycles. The Balaban J connectivity index is 2.00. The number of imide groups is 1. The first-order valence-electron chi connectivity index (χ1n) is 7.50. The lowest BCUT2D eigenvalue weighted by atomic mass is 10.2. The number of carbonyl (C=O) groups is 4. The molecular formula is C16H15BrN2O6S. The number of carbonyl (C=O) groups excluding carboxylic acids is 3. The van der Waals surface area contributed by atoms with Gasteiger partial charge in [0.1, 0.15) is 12.3 Å². The summed E-state index contributed by atoms with van der Waals surface area (Å²) in [5.74, 6) is -2.19. The van der Waals surface area contributed by atoms with Gasteiger partial charge in [-0.15, -0.1) is 0 Å². The first kappa shape index (κ1) is 20.0. The third-order valence-corrected chi connectivity index (χ3v) is 4.74. The number of aliphatic carboxylic acids is 1. The highest BCUT2D eigenvalue weighted by atomic mass is 79.9. The summed E-state index contributed by atoms with van der Waals surface area (Å²) < 4.78 is 0.696. The van der Waals surface area contributed by atoms with E-state index >= 15 is 0 Å². The molecule has 0 radical (unpaired) electrons. The molecule has 3 N–H and O–H groups in total. The third-order valence-electron chi connectivity index (χ3n) is 3.34. The van der Waals surface area contributed by atoms with Crippen LogP contribution in [0.3, 0.4) is 0 Å². The largest absolute Gasteiger partial charge is 0.507 e. The van der Waals surface area contributed by atoms with Crippen LogP contribution in [-0.4, -0.2) is 51.2 Å². The fourth-order valence-corrected chi connectivity index (χ4v) is 3.29. The first-order chi connectivity index (χ1) is 12.3. The predicted molar refractivity (Wildman–Crippen MR) is 98.4 cm³/mol. The number of hydrogen-bond donors (Lipinski definition) is 3. The Hall–Kier alpha value is -2.33. The molecule has 0 aromatic heterocycles. The summed E-state index contributed by atoms with van der Waals surface area (Å²) in [7, 11) is 0. The minimum absolute atomic E-state index is 0.0452. The molecular weight excluding hydrogens is 428 g/mol. The van der Waals surface area contributed by atoms with Crippen molar-refractivity contribution in [2.45, 2.75) is 12.8 Å². The summed E-state index contributed by atoms with van der Waals surface area (Å²) in [5.41, 5.74) is 0.364. The molecule has 3 amide bonds. The number of benzene rings is 1. The fourth-order valence-electron chi connectivity index (χ4n) is 2.09. The molecule has 1 aromatic carbocycles. The molecule has 26 heavy (non-hydrogen) atoms. The maximum Gasteiger partial charge on any atom is 0.303 e. The topological polar surface area (TPSA) is 124 Å². The lowest BCUT2D eigenvalue weighted by Crippen LogP contribution is -2.39. The molecule has 0 saturated carbocycles. The first-order valence-corrected chi connectivity index (χ1v) is 9.11. The van der Waals surface area contributed by atoms with Gasteiger partial charge in [0.15, 0.2) is 0 Å². The van der Waals surface area contributed by atoms with Crippen LogP contribution in [0.1, 0.15) is 18.4 Å². The van der Waals surface area contributed by atoms with E-state index in [-0.39, 0.29) is 30.0 Å². The molecule has 0 unspecified atom stereocenters. The molecule has 0 bridgehead atoms. The Labute approximate surface area is 161 Å². The second-order valence-corrected chi connectivity index (χ2v) is 7.23. The molecule has 0 aliphatic carbocycles. The minimum atomic E-state index is -0.967. The highest BCUT2D eigenvalue weighted by molar-refractivity contribution is 9.10. The standard InChI is InChI=1S/C16H15BrN2O6S/c17-10-3-4-11(20)9(6-10)7-12-15(24)19(16(25)26-12)8-13(21)18-5-1-2-14(22)23/h3-4,6-7,20H,1-2,5,8H2,(H,18,21)(H,22,23)/b12-7-. The molecule has 2 rings (SSSR count). The van der Waals surface area contributed by atoms with Crippen molar-refractivity contribution in [3.8, 4) is 5.75 Å². The normalized spacial score (nSPS) is 15.6. The Morgan fingerprint density at radius 3 is 2.73 bits per heavy atom. The number of phenols is 1. The van der Waals surface area contributed by atoms with E-state index in [4.69, 9.17) is 5.11 Å². The summed E-state index contributed by atoms with van der Waals surface area (Å²) in [5, 5.41) is 20.2. The van der Waals surface area contributed by atoms with Gasteiger partial charge in [-0.25, -0.2) is 0 Å². The van der Waals surface area contributed by atoms with Crippen LogP contribution >= 0.6 is 27.7 Å². The second-order valence-electron chi connectivity index (χ2n) is 5.32. The van der Waals surface area contributed by atoms with Crippen LogP contribution in [0.4, 0.5) is 4.79 Å². The molecule has 1 fully saturated rings. The van der Waals surface area contributed by atoms with Gasteiger partial charge in [0.25, 0.3) is 11.1 Å². The maximum atomic E-state index is 12.3. The molecule has 1 saturated heterocycles. The van der Waals surface area contributed by atoms with Gasteiger partial charge in [0.05, 0.1) is 4.91 Å². The van der Waals surface area contributed by atoms with Gasteiger partial charge in [-0.05, 0) is 42.5 Å². The summed E-state index contributed by atoms with van der Waals surface area (Å²) in [6.45, 7) is -0.303. The Bertz CT molecular complexity index is 795. The van der Waals surface area contributed by atoms with E-state index in [1.807, 2.05) is 0 Å². The lowest BCUT2D eigenvalue weighted by Gasteiger charge is -2.12. The summed E-state index contributed by atoms with van der Waals surface area (Å²) in [4.78, 5) is 47.4. The number of carboxylic acid groups (broad SMARTS) is 1. The van der Waals surface area contributed by atoms with Crippen LogP contribution in [0.25, 0.3) is 6.08 Å². The van der Waals surface area contributed by atoms with Crippen molar-refractivity contribution < 1.29 is 29.4 Å². The Kier molecular flexibility index (Phi) is 6.81. The second kappa shape index (κ2) is 8.86. The van der Waals surface area contributed by atoms with E-state index < -0.39 is 29.6 Å². The number of rotatable bonds is 7. The van der Waals surface area contributed by atoms with Gasteiger partial charge in [-0.1, -0.05) is 15.9 Å². The van der Waals surface area contributed by atoms with Crippen LogP contribution in [0.2, 0.25) is 0 Å². The van der Waals surface area contributed by atoms with Gasteiger partial charge in [-0.2, -0.15) is 0 Å². The van der Waals surface area contributed by atoms with Gasteiger partial charge in [0.2, 0.25) is 5.91 Å². The van der Waals surface area contributed by atoms with Crippen molar-refractivity contribution >= 4 is 56.8 Å². The highest BCUT2D eigenvalue weighted by Crippen LogP contribution is 2.34. The molecule has 10 heteroatoms. The van der Waals surface area contributed by atoms with Gasteiger partial charge >= 0.3 is 5.97 Å². The zero-order valence-corrected chi connectivity index (χ0v) is 15.8. The smallest absolute Gasteiger partial charge is 0.303 e. The lowest BCUT2D eigenvalue weighted by molar-refractivity contribution is -0.137. The number of phenolic OH excluding ortho intramolecular Hbond substituents is 1. The molecule has 0 spiro atoms. The molecule has 8 nitrogen and oxygen atoms in total. The van der Waals surface area contributed by atoms with Crippen molar-refractivity contribution in [1.29, 1.82) is 0 Å². The van der Waals surface area contributed by atoms with Crippen molar-refractivity contribution in [3.05, 3.63) is 33.1 Å². The molecule has 138 valence electrons. The Morgan fingerprint density at radius 2 is 2.04 bits per heavy atom. The number of thioether (sulfide) groups is 1. The van der Waals surface area contributed by atoms with E-state index in [1.54, 1.807) is 12.1 Å². The number of nitrogens with one attached hydrogen (secondary N) is 1. The quantitative estimate of drug-likeness (QED) is 0.436. The van der Waals surface area contributed by atoms with Crippen LogP contribution in [-0.2, 0) is 14.4 Å². The number of aromatic hydroxyl groups is 1. The number of amides is 3. The average Bonchev–Trinajstić information content (AvgIpc) is 2.82. The number of carboxylic acids is 1. The van der Waals surface area contributed by atoms with Crippen LogP contribution in [0, 0.1) is 0 Å². The molecule has 0 atom stereocenters. The highest BCUT2D eigenvalue weighted by Gasteiger charge is 2.36. The van der Waals surface area contributed by atoms with E-state index in [1.165, 1.54) is 12.1 Å². The number of hydrogen-bond acceptors (Lipinski definition) is 6. The van der Waals surface area contributed by atoms with Crippen LogP contribution < -0.4 is 5.32 Å². The SMILES string of the molecule is O=C(O)CCCNC(=O)CN1C(=O)S/C(=C\c2cc(Br)ccc2O)C1=O. The van der Waals surface area contributed by atoms with Gasteiger partial charge in [-0.3, -0.25) is 24.1 Å². The zero-order valence-electron chi connectivity index (χ0n) is 13.4. The fraction of sp³-hybridized carbons (Fsp3) is 0.250. The average molecular weight is 443 g/mol. The summed E-state index contributed by atoms with van der Waals surface area (Å²) in [6, 6.07) is 4.68. The molecule has 1 aliphatic heterocycles. The Morgan fingerprint density at radius 1 is 1.31 bits per heavy atom. The monoisotopic (exact) mass is 442 g/mol. The van der Waals surface area contributed by atoms with Gasteiger partial charge < -0.3 is 15.5 Å². The van der Waals surface area contributed by atoms with Crippen LogP contribution in [0.15, 0.2) is 27.6 Å². The van der Waals surface area contributed by atoms with Crippen molar-refractivity contribution in [2.75, 3.05) is 13.1 Å². The third kappa shape index (κ3) is 5.33. The van der Waals surface area contributed by atoms with E-state index in [9.17, 15) is 24.3 Å². The van der Waals surface area contributed by atoms with Crippen molar-refractivity contribution in [1.82, 2.24) is 10.2 Å². The van der Waals surface area contributed by atoms with E-state index in [0.29, 0.717) is 21.8 Å². The molecule has 1 aliphatic rings. The molecule has 1 aromatic rings. The minimum Gasteiger partial charge on any atom is -0.507 e. The number of nitrogens with zero attached hydrogens (tertiary/aromatic N) is 1. The zero-order chi connectivity index (χ0) is 19.3. The van der Waals surface area contributed by atoms with Crippen LogP contribution in [0.5, 0.6) is 5.75 Å². The maximum absolute atomic E-state index is 12.3. The van der Waals surface area contributed by atoms with Gasteiger partial charge in [0, 0.05) is 23.0 Å². The van der Waals surface area contributed by atoms with Crippen molar-refractivity contribution in [3.63, 3.8) is 0 Å². The summed E-state index contributed by atoms with van der Waals surface area (Å²) in [6.07, 6.45) is 1.56. The van der Waals surface area contributed by atoms with Crippen molar-refractivity contribution in [2.24, 2.45) is 0 Å². The summed E-state index contributed by atoms with van der Waals surface area (Å²) >= 11 is 3.94. The number of halogens is 1.